The van der Waals surface area contributed by atoms with Gasteiger partial charge in [0.2, 0.25) is 11.8 Å². The topological polar surface area (TPSA) is 167 Å². The van der Waals surface area contributed by atoms with E-state index in [2.05, 4.69) is 27.7 Å². The monoisotopic (exact) mass is 552 g/mol. The van der Waals surface area contributed by atoms with E-state index >= 15 is 0 Å². The molecule has 2 aromatic rings. The van der Waals surface area contributed by atoms with Crippen molar-refractivity contribution in [1.29, 1.82) is 5.26 Å². The Morgan fingerprint density at radius 2 is 1.80 bits per heavy atom. The van der Waals surface area contributed by atoms with Crippen LogP contribution in [0.2, 0.25) is 0 Å². The molecule has 214 valence electrons. The highest BCUT2D eigenvalue weighted by Gasteiger charge is 2.28. The lowest BCUT2D eigenvalue weighted by Gasteiger charge is -2.23. The Morgan fingerprint density at radius 1 is 1.10 bits per heavy atom. The van der Waals surface area contributed by atoms with Gasteiger partial charge >= 0.3 is 0 Å². The maximum absolute atomic E-state index is 13.1. The van der Waals surface area contributed by atoms with E-state index in [9.17, 15) is 19.2 Å². The molecule has 3 N–H and O–H groups in total. The van der Waals surface area contributed by atoms with Crippen molar-refractivity contribution in [2.24, 2.45) is 0 Å². The molecule has 40 heavy (non-hydrogen) atoms. The van der Waals surface area contributed by atoms with Crippen LogP contribution in [0.1, 0.15) is 46.6 Å². The molecule has 1 heterocycles. The fourth-order valence-corrected chi connectivity index (χ4v) is 3.69. The van der Waals surface area contributed by atoms with Gasteiger partial charge in [-0.2, -0.15) is 5.26 Å². The van der Waals surface area contributed by atoms with Gasteiger partial charge in [0.25, 0.3) is 11.8 Å². The van der Waals surface area contributed by atoms with E-state index in [1.807, 2.05) is 31.2 Å². The Bertz CT molecular complexity index is 1230. The van der Waals surface area contributed by atoms with E-state index in [0.29, 0.717) is 25.1 Å². The van der Waals surface area contributed by atoms with Gasteiger partial charge in [0.15, 0.2) is 5.69 Å². The highest BCUT2D eigenvalue weighted by atomic mass is 16.5. The number of aryl methyl sites for hydroxylation is 2. The molecular formula is C28H36N6O6. The van der Waals surface area contributed by atoms with Gasteiger partial charge in [-0.1, -0.05) is 41.6 Å². The number of aromatic nitrogens is 1. The first-order valence-corrected chi connectivity index (χ1v) is 12.8. The van der Waals surface area contributed by atoms with Crippen molar-refractivity contribution >= 4 is 23.6 Å². The minimum Gasteiger partial charge on any atom is -0.382 e. The normalized spacial score (nSPS) is 12.0. The van der Waals surface area contributed by atoms with Crippen molar-refractivity contribution in [3.05, 3.63) is 65.1 Å². The summed E-state index contributed by atoms with van der Waals surface area (Å²) in [4.78, 5) is 52.3. The Morgan fingerprint density at radius 3 is 2.40 bits per heavy atom. The average molecular weight is 553 g/mol. The second-order valence-corrected chi connectivity index (χ2v) is 9.38. The van der Waals surface area contributed by atoms with Gasteiger partial charge in [-0.05, 0) is 38.7 Å². The van der Waals surface area contributed by atoms with Crippen molar-refractivity contribution in [3.63, 3.8) is 0 Å². The summed E-state index contributed by atoms with van der Waals surface area (Å²) >= 11 is 0. The van der Waals surface area contributed by atoms with Gasteiger partial charge in [-0.25, -0.2) is 0 Å². The van der Waals surface area contributed by atoms with Gasteiger partial charge in [0, 0.05) is 33.3 Å². The number of carbonyl (C=O) groups excluding carboxylic acids is 4. The third-order valence-corrected chi connectivity index (χ3v) is 6.01. The molecule has 4 amide bonds. The summed E-state index contributed by atoms with van der Waals surface area (Å²) < 4.78 is 10.0. The van der Waals surface area contributed by atoms with Crippen molar-refractivity contribution in [2.75, 3.05) is 27.3 Å². The zero-order valence-electron chi connectivity index (χ0n) is 23.3. The Labute approximate surface area is 233 Å². The van der Waals surface area contributed by atoms with Crippen LogP contribution in [0, 0.1) is 25.2 Å². The number of hydrogen-bond acceptors (Lipinski definition) is 8. The lowest BCUT2D eigenvalue weighted by Crippen LogP contribution is -2.55. The van der Waals surface area contributed by atoms with Crippen LogP contribution < -0.4 is 16.0 Å². The predicted molar refractivity (Wildman–Crippen MR) is 146 cm³/mol. The van der Waals surface area contributed by atoms with Gasteiger partial charge in [-0.3, -0.25) is 19.2 Å². The number of methoxy groups -OCH3 is 1. The number of benzene rings is 1. The largest absolute Gasteiger partial charge is 0.382 e. The zero-order chi connectivity index (χ0) is 29.7. The van der Waals surface area contributed by atoms with Crippen LogP contribution in [0.15, 0.2) is 47.0 Å². The van der Waals surface area contributed by atoms with Crippen LogP contribution in [0.25, 0.3) is 0 Å². The van der Waals surface area contributed by atoms with Crippen LogP contribution in [-0.2, 0) is 25.7 Å². The third-order valence-electron chi connectivity index (χ3n) is 6.01. The van der Waals surface area contributed by atoms with Crippen molar-refractivity contribution in [3.8, 4) is 6.07 Å². The molecule has 2 rings (SSSR count). The lowest BCUT2D eigenvalue weighted by molar-refractivity contribution is -0.130. The molecule has 0 fully saturated rings. The highest BCUT2D eigenvalue weighted by Crippen LogP contribution is 2.08. The van der Waals surface area contributed by atoms with E-state index in [0.717, 1.165) is 11.1 Å². The van der Waals surface area contributed by atoms with Crippen LogP contribution in [0.3, 0.4) is 0 Å². The van der Waals surface area contributed by atoms with Crippen LogP contribution in [-0.4, -0.2) is 73.1 Å². The molecule has 0 bridgehead atoms. The number of amides is 4. The Balaban J connectivity index is 2.06. The first-order valence-electron chi connectivity index (χ1n) is 12.8. The summed E-state index contributed by atoms with van der Waals surface area (Å²) in [5, 5.41) is 20.6. The molecule has 0 saturated heterocycles. The third kappa shape index (κ3) is 9.99. The summed E-state index contributed by atoms with van der Waals surface area (Å²) in [6.07, 6.45) is 1.27. The molecular weight excluding hydrogens is 516 g/mol. The molecule has 0 unspecified atom stereocenters. The SMILES string of the molecule is C=C(C#N)C(=O)N(C)CCCC[C@H](NC(=O)[C@H](COC)NC(=O)c1cc(C)on1)C(=O)NCc1ccc(C)cc1. The molecule has 0 saturated carbocycles. The quantitative estimate of drug-likeness (QED) is 0.170. The number of hydrogen-bond donors (Lipinski definition) is 3. The summed E-state index contributed by atoms with van der Waals surface area (Å²) in [7, 11) is 2.95. The fraction of sp³-hybridized carbons (Fsp3) is 0.429. The first-order chi connectivity index (χ1) is 19.0. The van der Waals surface area contributed by atoms with Gasteiger partial charge in [0.05, 0.1) is 6.61 Å². The first kappa shape index (κ1) is 31.7. The van der Waals surface area contributed by atoms with Crippen molar-refractivity contribution in [2.45, 2.75) is 51.7 Å². The van der Waals surface area contributed by atoms with Crippen molar-refractivity contribution < 1.29 is 28.4 Å². The predicted octanol–water partition coefficient (Wildman–Crippen LogP) is 1.55. The summed E-state index contributed by atoms with van der Waals surface area (Å²) in [6.45, 7) is 7.50. The molecule has 1 aromatic carbocycles. The van der Waals surface area contributed by atoms with Crippen LogP contribution >= 0.6 is 0 Å². The number of ether oxygens (including phenoxy) is 1. The van der Waals surface area contributed by atoms with Gasteiger partial charge in [0.1, 0.15) is 29.5 Å². The summed E-state index contributed by atoms with van der Waals surface area (Å²) in [5.41, 5.74) is 1.84. The maximum atomic E-state index is 13.1. The van der Waals surface area contributed by atoms with Crippen molar-refractivity contribution in [1.82, 2.24) is 26.0 Å². The van der Waals surface area contributed by atoms with Crippen LogP contribution in [0.5, 0.6) is 0 Å². The summed E-state index contributed by atoms with van der Waals surface area (Å²) in [6, 6.07) is 8.84. The van der Waals surface area contributed by atoms with E-state index in [1.165, 1.54) is 18.1 Å². The standard InChI is InChI=1S/C28H36N6O6/c1-18-9-11-21(12-10-18)16-30-25(35)22(8-6-7-13-34(4)28(38)19(2)15-29)31-27(37)24(17-39-5)32-26(36)23-14-20(3)40-33-23/h9-12,14,22,24H,2,6-8,13,16-17H2,1,3-5H3,(H,30,35)(H,31,37)(H,32,36)/t22-,24-/m0/s1. The second kappa shape index (κ2) is 15.8. The number of unbranched alkanes of at least 4 members (excludes halogenated alkanes) is 1. The average Bonchev–Trinajstić information content (AvgIpc) is 3.39. The zero-order valence-corrected chi connectivity index (χ0v) is 23.3. The molecule has 0 aliphatic rings. The van der Waals surface area contributed by atoms with Crippen LogP contribution in [0.4, 0.5) is 0 Å². The molecule has 0 aliphatic heterocycles. The number of nitrogens with one attached hydrogen (secondary N) is 3. The molecule has 12 heteroatoms. The van der Waals surface area contributed by atoms with E-state index in [1.54, 1.807) is 20.0 Å². The second-order valence-electron chi connectivity index (χ2n) is 9.38. The number of nitrogens with zero attached hydrogens (tertiary/aromatic N) is 3. The Hall–Kier alpha value is -4.50. The minimum absolute atomic E-state index is 0.0107. The lowest BCUT2D eigenvalue weighted by atomic mass is 10.1. The molecule has 0 aliphatic carbocycles. The van der Waals surface area contributed by atoms with E-state index in [4.69, 9.17) is 14.5 Å². The van der Waals surface area contributed by atoms with E-state index < -0.39 is 35.7 Å². The highest BCUT2D eigenvalue weighted by molar-refractivity contribution is 5.97. The smallest absolute Gasteiger partial charge is 0.274 e. The molecule has 1 aromatic heterocycles. The Kier molecular flexibility index (Phi) is 12.5. The molecule has 2 atom stereocenters. The van der Waals surface area contributed by atoms with E-state index in [-0.39, 0.29) is 30.8 Å². The maximum Gasteiger partial charge on any atom is 0.274 e. The molecule has 0 spiro atoms. The summed E-state index contributed by atoms with van der Waals surface area (Å²) in [5.74, 6) is -1.66. The molecule has 0 radical (unpaired) electrons. The van der Waals surface area contributed by atoms with Gasteiger partial charge < -0.3 is 30.1 Å². The number of nitriles is 1. The number of rotatable bonds is 15. The number of likely N-dealkylation sites (N-methyl/N-ethyl adjacent to an activating group) is 1. The number of carbonyl (C=O) groups is 4. The molecule has 12 nitrogen and oxygen atoms in total. The minimum atomic E-state index is -1.09. The fourth-order valence-electron chi connectivity index (χ4n) is 3.69. The van der Waals surface area contributed by atoms with Gasteiger partial charge in [-0.15, -0.1) is 0 Å².